The molecule has 162 valence electrons. The van der Waals surface area contributed by atoms with Crippen LogP contribution in [0.15, 0.2) is 59.7 Å². The fraction of sp³-hybridized carbons (Fsp3) is 0.318. The summed E-state index contributed by atoms with van der Waals surface area (Å²) in [5.74, 6) is -0.568. The van der Waals surface area contributed by atoms with E-state index in [9.17, 15) is 22.8 Å². The van der Waals surface area contributed by atoms with Crippen molar-refractivity contribution in [2.45, 2.75) is 31.4 Å². The number of carbonyl (C=O) groups excluding carboxylic acids is 2. The van der Waals surface area contributed by atoms with E-state index in [4.69, 9.17) is 4.74 Å². The predicted octanol–water partition coefficient (Wildman–Crippen LogP) is 4.83. The third-order valence-corrected chi connectivity index (χ3v) is 7.05. The van der Waals surface area contributed by atoms with Crippen LogP contribution in [0.3, 0.4) is 0 Å². The maximum atomic E-state index is 13.8. The summed E-state index contributed by atoms with van der Waals surface area (Å²) in [6.45, 7) is 2.96. The highest BCUT2D eigenvalue weighted by Crippen LogP contribution is 2.58. The molecular formula is C22H19F3N2O3S. The minimum atomic E-state index is -4.45. The van der Waals surface area contributed by atoms with Crippen LogP contribution in [0.2, 0.25) is 0 Å². The standard InChI is InChI=1S/C22H19F3N2O3S/c1-13-21(20(29)27(26-13)17-6-4-3-5-7-17)18(30-14(2)28)12-31-19(21)15-8-10-16(11-9-15)22(23,24)25/h3-11,18-19H,12H2,1-2H3/t18-,19-,21+/m1/s1. The molecule has 1 fully saturated rings. The van der Waals surface area contributed by atoms with Gasteiger partial charge in [0.2, 0.25) is 0 Å². The molecule has 9 heteroatoms. The fourth-order valence-corrected chi connectivity index (χ4v) is 5.91. The molecule has 2 aromatic carbocycles. The molecule has 1 saturated heterocycles. The second-order valence-electron chi connectivity index (χ2n) is 7.44. The lowest BCUT2D eigenvalue weighted by Gasteiger charge is -2.34. The molecule has 1 spiro atoms. The monoisotopic (exact) mass is 448 g/mol. The van der Waals surface area contributed by atoms with Gasteiger partial charge in [0.05, 0.1) is 22.2 Å². The maximum Gasteiger partial charge on any atom is 0.416 e. The summed E-state index contributed by atoms with van der Waals surface area (Å²) in [6.07, 6.45) is -5.24. The van der Waals surface area contributed by atoms with Gasteiger partial charge in [-0.3, -0.25) is 9.59 Å². The van der Waals surface area contributed by atoms with Crippen molar-refractivity contribution >= 4 is 35.0 Å². The molecule has 0 unspecified atom stereocenters. The molecule has 2 heterocycles. The van der Waals surface area contributed by atoms with Crippen LogP contribution in [0.1, 0.15) is 30.2 Å². The van der Waals surface area contributed by atoms with E-state index in [1.54, 1.807) is 31.2 Å². The van der Waals surface area contributed by atoms with E-state index >= 15 is 0 Å². The van der Waals surface area contributed by atoms with E-state index in [-0.39, 0.29) is 5.91 Å². The Morgan fingerprint density at radius 3 is 2.39 bits per heavy atom. The van der Waals surface area contributed by atoms with Crippen molar-refractivity contribution < 1.29 is 27.5 Å². The second-order valence-corrected chi connectivity index (χ2v) is 8.58. The van der Waals surface area contributed by atoms with E-state index in [1.165, 1.54) is 35.8 Å². The highest BCUT2D eigenvalue weighted by Gasteiger charge is 2.65. The van der Waals surface area contributed by atoms with Gasteiger partial charge in [0.15, 0.2) is 0 Å². The zero-order valence-corrected chi connectivity index (χ0v) is 17.5. The third-order valence-electron chi connectivity index (χ3n) is 5.58. The summed E-state index contributed by atoms with van der Waals surface area (Å²) in [5.41, 5.74) is -0.494. The normalized spacial score (nSPS) is 25.8. The third kappa shape index (κ3) is 3.50. The molecule has 3 atom stereocenters. The van der Waals surface area contributed by atoms with Crippen LogP contribution in [-0.2, 0) is 20.5 Å². The lowest BCUT2D eigenvalue weighted by Crippen LogP contribution is -2.50. The molecule has 2 aliphatic heterocycles. The fourth-order valence-electron chi connectivity index (χ4n) is 4.17. The van der Waals surface area contributed by atoms with Gasteiger partial charge in [0.1, 0.15) is 11.5 Å². The van der Waals surface area contributed by atoms with Crippen LogP contribution in [0.5, 0.6) is 0 Å². The van der Waals surface area contributed by atoms with Crippen molar-refractivity contribution in [3.63, 3.8) is 0 Å². The van der Waals surface area contributed by atoms with Gasteiger partial charge < -0.3 is 4.74 Å². The molecule has 0 saturated carbocycles. The number of ether oxygens (including phenoxy) is 1. The minimum Gasteiger partial charge on any atom is -0.460 e. The smallest absolute Gasteiger partial charge is 0.416 e. The van der Waals surface area contributed by atoms with Crippen molar-refractivity contribution in [3.05, 3.63) is 65.7 Å². The first kappa shape index (κ1) is 21.4. The van der Waals surface area contributed by atoms with Crippen molar-refractivity contribution in [1.29, 1.82) is 0 Å². The highest BCUT2D eigenvalue weighted by atomic mass is 32.2. The second kappa shape index (κ2) is 7.71. The van der Waals surface area contributed by atoms with Gasteiger partial charge in [-0.05, 0) is 36.8 Å². The van der Waals surface area contributed by atoms with Crippen molar-refractivity contribution in [2.24, 2.45) is 10.5 Å². The average Bonchev–Trinajstić information content (AvgIpc) is 3.22. The SMILES string of the molecule is CC(=O)O[C@@H]1CS[C@H](c2ccc(C(F)(F)F)cc2)[C@@]12C(=O)N(c1ccccc1)N=C2C. The van der Waals surface area contributed by atoms with Gasteiger partial charge in [-0.25, -0.2) is 0 Å². The van der Waals surface area contributed by atoms with Gasteiger partial charge in [-0.15, -0.1) is 11.8 Å². The molecule has 0 radical (unpaired) electrons. The van der Waals surface area contributed by atoms with Gasteiger partial charge in [-0.1, -0.05) is 30.3 Å². The van der Waals surface area contributed by atoms with Crippen LogP contribution in [0.4, 0.5) is 18.9 Å². The van der Waals surface area contributed by atoms with Crippen molar-refractivity contribution in [3.8, 4) is 0 Å². The molecular weight excluding hydrogens is 429 g/mol. The number of para-hydroxylation sites is 1. The lowest BCUT2D eigenvalue weighted by atomic mass is 9.73. The molecule has 0 bridgehead atoms. The number of benzene rings is 2. The van der Waals surface area contributed by atoms with Crippen LogP contribution >= 0.6 is 11.8 Å². The summed E-state index contributed by atoms with van der Waals surface area (Å²) in [4.78, 5) is 25.6. The van der Waals surface area contributed by atoms with Gasteiger partial charge in [0.25, 0.3) is 5.91 Å². The molecule has 31 heavy (non-hydrogen) atoms. The molecule has 0 aliphatic carbocycles. The lowest BCUT2D eigenvalue weighted by molar-refractivity contribution is -0.151. The summed E-state index contributed by atoms with van der Waals surface area (Å²) < 4.78 is 44.6. The first-order valence-electron chi connectivity index (χ1n) is 9.57. The number of halogens is 3. The summed E-state index contributed by atoms with van der Waals surface area (Å²) >= 11 is 1.37. The summed E-state index contributed by atoms with van der Waals surface area (Å²) in [5, 5.41) is 5.22. The first-order chi connectivity index (χ1) is 14.7. The largest absolute Gasteiger partial charge is 0.460 e. The number of alkyl halides is 3. The number of nitrogens with zero attached hydrogens (tertiary/aromatic N) is 2. The predicted molar refractivity (Wildman–Crippen MR) is 112 cm³/mol. The number of anilines is 1. The molecule has 2 aliphatic rings. The molecule has 0 aromatic heterocycles. The number of hydrogen-bond donors (Lipinski definition) is 0. The van der Waals surface area contributed by atoms with E-state index in [0.717, 1.165) is 12.1 Å². The Balaban J connectivity index is 1.79. The zero-order valence-electron chi connectivity index (χ0n) is 16.7. The molecule has 0 N–H and O–H groups in total. The minimum absolute atomic E-state index is 0.326. The Hall–Kier alpha value is -2.81. The first-order valence-corrected chi connectivity index (χ1v) is 10.6. The van der Waals surface area contributed by atoms with Crippen molar-refractivity contribution in [1.82, 2.24) is 0 Å². The van der Waals surface area contributed by atoms with Crippen LogP contribution in [0.25, 0.3) is 0 Å². The average molecular weight is 448 g/mol. The number of amides is 1. The van der Waals surface area contributed by atoms with E-state index in [2.05, 4.69) is 5.10 Å². The Morgan fingerprint density at radius 2 is 1.81 bits per heavy atom. The number of rotatable bonds is 3. The van der Waals surface area contributed by atoms with Gasteiger partial charge >= 0.3 is 12.1 Å². The summed E-state index contributed by atoms with van der Waals surface area (Å²) in [6, 6.07) is 13.6. The molecule has 2 aromatic rings. The number of hydrogen-bond acceptors (Lipinski definition) is 5. The van der Waals surface area contributed by atoms with Gasteiger partial charge in [-0.2, -0.15) is 23.3 Å². The van der Waals surface area contributed by atoms with Gasteiger partial charge in [0, 0.05) is 12.7 Å². The Bertz CT molecular complexity index is 1040. The number of carbonyl (C=O) groups is 2. The van der Waals surface area contributed by atoms with E-state index in [1.807, 2.05) is 6.07 Å². The molecule has 5 nitrogen and oxygen atoms in total. The molecule has 4 rings (SSSR count). The van der Waals surface area contributed by atoms with Crippen LogP contribution in [0, 0.1) is 5.41 Å². The van der Waals surface area contributed by atoms with E-state index < -0.39 is 34.5 Å². The summed E-state index contributed by atoms with van der Waals surface area (Å²) in [7, 11) is 0. The molecule has 1 amide bonds. The maximum absolute atomic E-state index is 13.8. The van der Waals surface area contributed by atoms with Crippen LogP contribution < -0.4 is 5.01 Å². The van der Waals surface area contributed by atoms with Crippen molar-refractivity contribution in [2.75, 3.05) is 10.8 Å². The Labute approximate surface area is 181 Å². The van der Waals surface area contributed by atoms with E-state index in [0.29, 0.717) is 22.7 Å². The topological polar surface area (TPSA) is 59.0 Å². The Kier molecular flexibility index (Phi) is 5.33. The Morgan fingerprint density at radius 1 is 1.16 bits per heavy atom. The number of thioether (sulfide) groups is 1. The number of esters is 1. The number of hydrazone groups is 1. The zero-order chi connectivity index (χ0) is 22.4. The highest BCUT2D eigenvalue weighted by molar-refractivity contribution is 8.00. The van der Waals surface area contributed by atoms with Crippen LogP contribution in [-0.4, -0.2) is 29.4 Å². The quantitative estimate of drug-likeness (QED) is 0.631.